The van der Waals surface area contributed by atoms with Crippen LogP contribution in [0.2, 0.25) is 10.0 Å². The van der Waals surface area contributed by atoms with E-state index >= 15 is 0 Å². The number of hydrogen-bond donors (Lipinski definition) is 0. The number of benzene rings is 1. The number of carbonyl (C=O) groups excluding carboxylic acids is 1. The number of piperidine rings is 1. The Morgan fingerprint density at radius 3 is 2.78 bits per heavy atom. The third-order valence-corrected chi connectivity index (χ3v) is 5.58. The van der Waals surface area contributed by atoms with Crippen LogP contribution in [0, 0.1) is 11.3 Å². The van der Waals surface area contributed by atoms with Crippen molar-refractivity contribution in [3.05, 3.63) is 33.8 Å². The van der Waals surface area contributed by atoms with E-state index in [-0.39, 0.29) is 10.9 Å². The lowest BCUT2D eigenvalue weighted by Crippen LogP contribution is -2.60. The summed E-state index contributed by atoms with van der Waals surface area (Å²) in [4.78, 5) is 14.5. The summed E-state index contributed by atoms with van der Waals surface area (Å²) >= 11 is 12.2. The first-order valence-corrected chi connectivity index (χ1v) is 8.63. The molecule has 3 rings (SSSR count). The van der Waals surface area contributed by atoms with E-state index in [0.717, 1.165) is 32.1 Å². The van der Waals surface area contributed by atoms with Gasteiger partial charge < -0.3 is 9.64 Å². The number of hydrogen-bond acceptors (Lipinski definition) is 3. The maximum absolute atomic E-state index is 12.9. The average Bonchev–Trinajstić information content (AvgIpc) is 2.57. The van der Waals surface area contributed by atoms with Crippen LogP contribution in [0.15, 0.2) is 18.2 Å². The molecule has 0 aromatic heterocycles. The summed E-state index contributed by atoms with van der Waals surface area (Å²) in [6, 6.07) is 6.70. The van der Waals surface area contributed by atoms with Gasteiger partial charge in [0.15, 0.2) is 0 Å². The van der Waals surface area contributed by atoms with Gasteiger partial charge in [-0.3, -0.25) is 4.79 Å². The van der Waals surface area contributed by atoms with Gasteiger partial charge >= 0.3 is 0 Å². The average molecular weight is 353 g/mol. The number of ether oxygens (including phenoxy) is 1. The second-order valence-corrected chi connectivity index (χ2v) is 6.89. The summed E-state index contributed by atoms with van der Waals surface area (Å²) in [5.74, 6) is -0.253. The molecular formula is C17H18Cl2N2O2. The van der Waals surface area contributed by atoms with Crippen molar-refractivity contribution in [2.24, 2.45) is 0 Å². The molecule has 23 heavy (non-hydrogen) atoms. The lowest BCUT2D eigenvalue weighted by molar-refractivity contribution is -0.128. The molecule has 4 nitrogen and oxygen atoms in total. The van der Waals surface area contributed by atoms with Crippen molar-refractivity contribution in [3.8, 4) is 6.07 Å². The Balaban J connectivity index is 1.93. The Labute approximate surface area is 145 Å². The lowest BCUT2D eigenvalue weighted by Gasteiger charge is -2.48. The van der Waals surface area contributed by atoms with Crippen LogP contribution in [-0.2, 0) is 4.74 Å². The second kappa shape index (κ2) is 6.68. The molecule has 2 aliphatic heterocycles. The predicted octanol–water partition coefficient (Wildman–Crippen LogP) is 4.06. The van der Waals surface area contributed by atoms with Crippen LogP contribution >= 0.6 is 23.2 Å². The quantitative estimate of drug-likeness (QED) is 0.765. The van der Waals surface area contributed by atoms with Gasteiger partial charge in [0.2, 0.25) is 0 Å². The fourth-order valence-electron chi connectivity index (χ4n) is 3.61. The molecule has 2 aliphatic rings. The van der Waals surface area contributed by atoms with Crippen molar-refractivity contribution in [3.63, 3.8) is 0 Å². The Morgan fingerprint density at radius 2 is 2.09 bits per heavy atom. The van der Waals surface area contributed by atoms with Gasteiger partial charge in [-0.2, -0.15) is 5.26 Å². The summed E-state index contributed by atoms with van der Waals surface area (Å²) in [6.45, 7) is 1.18. The highest BCUT2D eigenvalue weighted by atomic mass is 35.5. The maximum atomic E-state index is 12.9. The van der Waals surface area contributed by atoms with E-state index in [1.165, 1.54) is 0 Å². The standard InChI is InChI=1S/C17H18Cl2N2O2/c18-13-6-3-5-12(15(13)19)16(22)21-9-4-8-17(14(21)11-20)7-1-2-10-23-17/h3,5-6,14H,1-2,4,7-10H2/t14-,17-/m0/s1. The first-order valence-electron chi connectivity index (χ1n) is 7.88. The van der Waals surface area contributed by atoms with Gasteiger partial charge in [-0.05, 0) is 44.2 Å². The van der Waals surface area contributed by atoms with E-state index in [1.807, 2.05) is 0 Å². The number of nitrogens with zero attached hydrogens (tertiary/aromatic N) is 2. The SMILES string of the molecule is N#C[C@@H]1N(C(=O)c2cccc(Cl)c2Cl)CCC[C@@]12CCCCO2. The van der Waals surface area contributed by atoms with E-state index in [9.17, 15) is 10.1 Å². The van der Waals surface area contributed by atoms with Crippen LogP contribution in [0.25, 0.3) is 0 Å². The number of rotatable bonds is 1. The first kappa shape index (κ1) is 16.6. The molecule has 2 saturated heterocycles. The maximum Gasteiger partial charge on any atom is 0.256 e. The minimum Gasteiger partial charge on any atom is -0.372 e. The van der Waals surface area contributed by atoms with E-state index in [4.69, 9.17) is 27.9 Å². The Kier molecular flexibility index (Phi) is 4.82. The van der Waals surface area contributed by atoms with Crippen molar-refractivity contribution in [2.75, 3.05) is 13.2 Å². The van der Waals surface area contributed by atoms with Crippen molar-refractivity contribution in [1.29, 1.82) is 5.26 Å². The fourth-order valence-corrected chi connectivity index (χ4v) is 4.00. The molecule has 122 valence electrons. The predicted molar refractivity (Wildman–Crippen MR) is 88.7 cm³/mol. The largest absolute Gasteiger partial charge is 0.372 e. The third kappa shape index (κ3) is 2.94. The molecule has 2 atom stereocenters. The van der Waals surface area contributed by atoms with Crippen LogP contribution in [0.5, 0.6) is 0 Å². The zero-order valence-corrected chi connectivity index (χ0v) is 14.2. The molecule has 0 N–H and O–H groups in total. The second-order valence-electron chi connectivity index (χ2n) is 6.11. The number of amides is 1. The number of halogens is 2. The van der Waals surface area contributed by atoms with Crippen molar-refractivity contribution >= 4 is 29.1 Å². The Bertz CT molecular complexity index is 645. The zero-order valence-electron chi connectivity index (χ0n) is 12.7. The zero-order chi connectivity index (χ0) is 16.4. The van der Waals surface area contributed by atoms with Gasteiger partial charge in [0.05, 0.1) is 21.7 Å². The highest BCUT2D eigenvalue weighted by Crippen LogP contribution is 2.39. The number of likely N-dealkylation sites (tertiary alicyclic amines) is 1. The monoisotopic (exact) mass is 352 g/mol. The molecule has 6 heteroatoms. The van der Waals surface area contributed by atoms with E-state index in [2.05, 4.69) is 6.07 Å². The molecule has 0 saturated carbocycles. The van der Waals surface area contributed by atoms with Gasteiger partial charge in [-0.1, -0.05) is 29.3 Å². The topological polar surface area (TPSA) is 53.3 Å². The number of carbonyl (C=O) groups is 1. The number of nitriles is 1. The Morgan fingerprint density at radius 1 is 1.30 bits per heavy atom. The highest BCUT2D eigenvalue weighted by molar-refractivity contribution is 6.43. The summed E-state index contributed by atoms with van der Waals surface area (Å²) in [5.41, 5.74) is -0.196. The molecular weight excluding hydrogens is 335 g/mol. The van der Waals surface area contributed by atoms with Crippen molar-refractivity contribution < 1.29 is 9.53 Å². The van der Waals surface area contributed by atoms with Crippen LogP contribution in [0.1, 0.15) is 42.5 Å². The Hall–Kier alpha value is -1.28. The third-order valence-electron chi connectivity index (χ3n) is 4.76. The van der Waals surface area contributed by atoms with Crippen molar-refractivity contribution in [2.45, 2.75) is 43.7 Å². The summed E-state index contributed by atoms with van der Waals surface area (Å²) < 4.78 is 6.00. The fraction of sp³-hybridized carbons (Fsp3) is 0.529. The van der Waals surface area contributed by atoms with E-state index in [1.54, 1.807) is 23.1 Å². The molecule has 0 unspecified atom stereocenters. The lowest BCUT2D eigenvalue weighted by atomic mass is 9.79. The van der Waals surface area contributed by atoms with Gasteiger partial charge in [-0.25, -0.2) is 0 Å². The normalized spacial score (nSPS) is 27.7. The van der Waals surface area contributed by atoms with Crippen molar-refractivity contribution in [1.82, 2.24) is 4.90 Å². The van der Waals surface area contributed by atoms with E-state index < -0.39 is 11.6 Å². The molecule has 1 spiro atoms. The molecule has 1 aromatic rings. The molecule has 2 fully saturated rings. The summed E-state index contributed by atoms with van der Waals surface area (Å²) in [6.07, 6.45) is 4.49. The molecule has 1 amide bonds. The molecule has 0 aliphatic carbocycles. The first-order chi connectivity index (χ1) is 11.1. The molecule has 2 heterocycles. The van der Waals surface area contributed by atoms with Crippen LogP contribution in [0.4, 0.5) is 0 Å². The molecule has 0 radical (unpaired) electrons. The van der Waals surface area contributed by atoms with Gasteiger partial charge in [0.25, 0.3) is 5.91 Å². The minimum atomic E-state index is -0.584. The smallest absolute Gasteiger partial charge is 0.256 e. The van der Waals surface area contributed by atoms with Gasteiger partial charge in [0.1, 0.15) is 11.6 Å². The summed E-state index contributed by atoms with van der Waals surface area (Å²) in [5, 5.41) is 10.3. The van der Waals surface area contributed by atoms with Crippen LogP contribution in [-0.4, -0.2) is 35.6 Å². The summed E-state index contributed by atoms with van der Waals surface area (Å²) in [7, 11) is 0. The minimum absolute atomic E-state index is 0.236. The highest BCUT2D eigenvalue weighted by Gasteiger charge is 2.48. The van der Waals surface area contributed by atoms with Gasteiger partial charge in [0, 0.05) is 13.2 Å². The van der Waals surface area contributed by atoms with E-state index in [0.29, 0.717) is 23.7 Å². The molecule has 1 aromatic carbocycles. The van der Waals surface area contributed by atoms with Gasteiger partial charge in [-0.15, -0.1) is 0 Å². The van der Waals surface area contributed by atoms with Crippen LogP contribution in [0.3, 0.4) is 0 Å². The van der Waals surface area contributed by atoms with Crippen LogP contribution < -0.4 is 0 Å². The molecule has 0 bridgehead atoms.